The molecule has 0 N–H and O–H groups in total. The van der Waals surface area contributed by atoms with Crippen molar-refractivity contribution in [2.45, 2.75) is 0 Å². The first-order chi connectivity index (χ1) is 3.43. The Hall–Kier alpha value is -0.150. The molecule has 1 heterocycles. The summed E-state index contributed by atoms with van der Waals surface area (Å²) in [4.78, 5) is 0. The molecule has 0 saturated heterocycles. The highest BCUT2D eigenvalue weighted by molar-refractivity contribution is 8.02. The van der Waals surface area contributed by atoms with Crippen LogP contribution in [0.2, 0.25) is 0 Å². The molecule has 1 aliphatic heterocycles. The third-order valence-electron chi connectivity index (χ3n) is 0.793. The van der Waals surface area contributed by atoms with E-state index < -0.39 is 0 Å². The average molecular weight is 115 g/mol. The monoisotopic (exact) mass is 115 g/mol. The predicted octanol–water partition coefficient (Wildman–Crippen LogP) is 0.613. The van der Waals surface area contributed by atoms with Gasteiger partial charge in [0.15, 0.2) is 0 Å². The molecule has 0 fully saturated rings. The van der Waals surface area contributed by atoms with Crippen molar-refractivity contribution in [3.8, 4) is 0 Å². The van der Waals surface area contributed by atoms with E-state index in [2.05, 4.69) is 5.43 Å². The van der Waals surface area contributed by atoms with Gasteiger partial charge in [0.2, 0.25) is 0 Å². The molecule has 1 rings (SSSR count). The summed E-state index contributed by atoms with van der Waals surface area (Å²) in [6, 6.07) is 0. The Labute approximate surface area is 47.5 Å². The van der Waals surface area contributed by atoms with E-state index in [1.807, 2.05) is 16.6 Å². The van der Waals surface area contributed by atoms with Crippen molar-refractivity contribution in [3.05, 3.63) is 11.6 Å². The minimum atomic E-state index is 0.983. The van der Waals surface area contributed by atoms with Crippen LogP contribution in [0.1, 0.15) is 0 Å². The lowest BCUT2D eigenvalue weighted by atomic mass is 10.9. The van der Waals surface area contributed by atoms with Gasteiger partial charge in [0.25, 0.3) is 0 Å². The van der Waals surface area contributed by atoms with Crippen LogP contribution in [0.5, 0.6) is 0 Å². The minimum Gasteiger partial charge on any atom is -0.288 e. The molecule has 0 unspecified atom stereocenters. The second-order valence-electron chi connectivity index (χ2n) is 1.22. The van der Waals surface area contributed by atoms with E-state index in [4.69, 9.17) is 0 Å². The summed E-state index contributed by atoms with van der Waals surface area (Å²) < 4.78 is 0. The van der Waals surface area contributed by atoms with Crippen LogP contribution in [0.3, 0.4) is 0 Å². The van der Waals surface area contributed by atoms with E-state index >= 15 is 0 Å². The summed E-state index contributed by atoms with van der Waals surface area (Å²) in [6.45, 7) is 0. The van der Waals surface area contributed by atoms with Gasteiger partial charge in [-0.05, 0) is 5.41 Å². The van der Waals surface area contributed by atoms with Crippen LogP contribution < -0.4 is 5.43 Å². The van der Waals surface area contributed by atoms with E-state index in [0.717, 1.165) is 5.88 Å². The maximum Gasteiger partial charge on any atom is 0.0849 e. The lowest BCUT2D eigenvalue weighted by Crippen LogP contribution is -2.19. The van der Waals surface area contributed by atoms with Crippen molar-refractivity contribution < 1.29 is 0 Å². The normalized spacial score (nSPS) is 18.7. The van der Waals surface area contributed by atoms with Crippen molar-refractivity contribution in [2.24, 2.45) is 0 Å². The summed E-state index contributed by atoms with van der Waals surface area (Å²) in [7, 11) is 1.79. The molecule has 0 aromatic carbocycles. The van der Waals surface area contributed by atoms with Gasteiger partial charge in [-0.3, -0.25) is 5.01 Å². The maximum absolute atomic E-state index is 3.91. The molecule has 2 nitrogen and oxygen atoms in total. The zero-order chi connectivity index (χ0) is 5.11. The molecule has 0 aromatic heterocycles. The standard InChI is InChI=1S/C4H7N2S/c1-5-6-2-3-7-4-6/h2-3H,4H2,1H3. The Balaban J connectivity index is 2.28. The van der Waals surface area contributed by atoms with E-state index in [-0.39, 0.29) is 0 Å². The summed E-state index contributed by atoms with van der Waals surface area (Å²) in [5.41, 5.74) is 3.91. The lowest BCUT2D eigenvalue weighted by molar-refractivity contribution is 0.346. The van der Waals surface area contributed by atoms with Gasteiger partial charge in [-0.2, -0.15) is 0 Å². The molecule has 0 spiro atoms. The zero-order valence-electron chi connectivity index (χ0n) is 4.16. The van der Waals surface area contributed by atoms with E-state index in [9.17, 15) is 0 Å². The maximum atomic E-state index is 3.91. The lowest BCUT2D eigenvalue weighted by Gasteiger charge is -2.07. The van der Waals surface area contributed by atoms with Gasteiger partial charge in [-0.15, -0.1) is 17.2 Å². The van der Waals surface area contributed by atoms with Crippen LogP contribution in [-0.4, -0.2) is 17.9 Å². The summed E-state index contributed by atoms with van der Waals surface area (Å²) >= 11 is 1.76. The Kier molecular flexibility index (Phi) is 1.59. The van der Waals surface area contributed by atoms with Gasteiger partial charge in [0.1, 0.15) is 0 Å². The Morgan fingerprint density at radius 2 is 2.71 bits per heavy atom. The molecule has 1 radical (unpaired) electrons. The molecule has 39 valence electrons. The third kappa shape index (κ3) is 1.11. The SMILES string of the molecule is C[N]N1C=CSC1. The fourth-order valence-corrected chi connectivity index (χ4v) is 1.07. The van der Waals surface area contributed by atoms with Crippen LogP contribution in [0.15, 0.2) is 11.6 Å². The van der Waals surface area contributed by atoms with Crippen LogP contribution >= 0.6 is 11.8 Å². The van der Waals surface area contributed by atoms with E-state index in [1.165, 1.54) is 0 Å². The fraction of sp³-hybridized carbons (Fsp3) is 0.500. The Bertz CT molecular complexity index is 81.8. The second kappa shape index (κ2) is 2.23. The highest BCUT2D eigenvalue weighted by Gasteiger charge is 1.99. The third-order valence-corrected chi connectivity index (χ3v) is 1.52. The topological polar surface area (TPSA) is 17.3 Å². The largest absolute Gasteiger partial charge is 0.288 e. The van der Waals surface area contributed by atoms with Crippen molar-refractivity contribution >= 4 is 11.8 Å². The highest BCUT2D eigenvalue weighted by Crippen LogP contribution is 2.11. The molecular formula is C4H7N2S. The van der Waals surface area contributed by atoms with Crippen molar-refractivity contribution in [1.82, 2.24) is 10.4 Å². The quantitative estimate of drug-likeness (QED) is 0.498. The zero-order valence-corrected chi connectivity index (χ0v) is 4.98. The van der Waals surface area contributed by atoms with Crippen LogP contribution in [-0.2, 0) is 0 Å². The Morgan fingerprint density at radius 1 is 1.86 bits per heavy atom. The molecule has 0 bridgehead atoms. The number of thioether (sulfide) groups is 1. The first-order valence-corrected chi connectivity index (χ1v) is 3.13. The van der Waals surface area contributed by atoms with Crippen LogP contribution in [0.25, 0.3) is 0 Å². The van der Waals surface area contributed by atoms with Gasteiger partial charge >= 0.3 is 0 Å². The number of hydrogen-bond donors (Lipinski definition) is 0. The van der Waals surface area contributed by atoms with Gasteiger partial charge in [0, 0.05) is 13.2 Å². The molecule has 3 heteroatoms. The summed E-state index contributed by atoms with van der Waals surface area (Å²) in [5, 5.41) is 3.93. The van der Waals surface area contributed by atoms with E-state index in [1.54, 1.807) is 18.8 Å². The molecule has 0 amide bonds. The average Bonchev–Trinajstić information content (AvgIpc) is 2.14. The molecule has 0 saturated carbocycles. The second-order valence-corrected chi connectivity index (χ2v) is 2.08. The van der Waals surface area contributed by atoms with Crippen molar-refractivity contribution in [1.29, 1.82) is 0 Å². The molecular weight excluding hydrogens is 108 g/mol. The Morgan fingerprint density at radius 3 is 3.00 bits per heavy atom. The molecule has 7 heavy (non-hydrogen) atoms. The highest BCUT2D eigenvalue weighted by atomic mass is 32.2. The first kappa shape index (κ1) is 5.00. The summed E-state index contributed by atoms with van der Waals surface area (Å²) in [5.74, 6) is 0.983. The fourth-order valence-electron chi connectivity index (χ4n) is 0.400. The van der Waals surface area contributed by atoms with E-state index in [0.29, 0.717) is 0 Å². The first-order valence-electron chi connectivity index (χ1n) is 2.08. The molecule has 0 atom stereocenters. The molecule has 1 aliphatic rings. The van der Waals surface area contributed by atoms with Gasteiger partial charge in [0.05, 0.1) is 5.88 Å². The van der Waals surface area contributed by atoms with Crippen LogP contribution in [0.4, 0.5) is 0 Å². The smallest absolute Gasteiger partial charge is 0.0849 e. The number of hydrogen-bond acceptors (Lipinski definition) is 2. The number of nitrogens with zero attached hydrogens (tertiary/aromatic N) is 2. The van der Waals surface area contributed by atoms with Gasteiger partial charge < -0.3 is 0 Å². The van der Waals surface area contributed by atoms with Crippen molar-refractivity contribution in [3.63, 3.8) is 0 Å². The summed E-state index contributed by atoms with van der Waals surface area (Å²) in [6.07, 6.45) is 1.96. The van der Waals surface area contributed by atoms with Gasteiger partial charge in [-0.25, -0.2) is 0 Å². The minimum absolute atomic E-state index is 0.983. The number of rotatable bonds is 1. The van der Waals surface area contributed by atoms with Crippen molar-refractivity contribution in [2.75, 3.05) is 12.9 Å². The van der Waals surface area contributed by atoms with Gasteiger partial charge in [-0.1, -0.05) is 0 Å². The molecule has 0 aromatic rings. The van der Waals surface area contributed by atoms with Crippen LogP contribution in [0, 0.1) is 0 Å². The molecule has 0 aliphatic carbocycles. The predicted molar refractivity (Wildman–Crippen MR) is 31.5 cm³/mol.